The van der Waals surface area contributed by atoms with Crippen LogP contribution in [-0.2, 0) is 15.6 Å². The second-order valence-electron chi connectivity index (χ2n) is 10.2. The van der Waals surface area contributed by atoms with Crippen LogP contribution in [0.4, 0.5) is 5.13 Å². The highest BCUT2D eigenvalue weighted by atomic mass is 32.1. The molecule has 0 atom stereocenters. The lowest BCUT2D eigenvalue weighted by Gasteiger charge is -2.42. The highest BCUT2D eigenvalue weighted by molar-refractivity contribution is 7.14. The van der Waals surface area contributed by atoms with Gasteiger partial charge in [-0.3, -0.25) is 4.79 Å². The molecule has 5 heteroatoms. The van der Waals surface area contributed by atoms with E-state index in [9.17, 15) is 4.79 Å². The monoisotopic (exact) mass is 458 g/mol. The molecule has 0 aliphatic heterocycles. The molecule has 1 aliphatic carbocycles. The van der Waals surface area contributed by atoms with Crippen LogP contribution in [0.2, 0.25) is 0 Å². The first kappa shape index (κ1) is 26.4. The molecular formula is C27H42N2O2S. The molecule has 0 unspecified atom stereocenters. The van der Waals surface area contributed by atoms with E-state index in [0.717, 1.165) is 38.0 Å². The largest absolute Gasteiger partial charge is 0.481 e. The second-order valence-corrected chi connectivity index (χ2v) is 11.0. The van der Waals surface area contributed by atoms with Crippen molar-refractivity contribution >= 4 is 22.4 Å². The minimum absolute atomic E-state index is 0.246. The van der Waals surface area contributed by atoms with Crippen LogP contribution in [0.15, 0.2) is 23.6 Å². The van der Waals surface area contributed by atoms with Crippen LogP contribution in [0.1, 0.15) is 98.1 Å². The molecule has 0 radical (unpaired) electrons. The Morgan fingerprint density at radius 1 is 1.00 bits per heavy atom. The number of anilines is 1. The molecule has 3 rings (SSSR count). The third kappa shape index (κ3) is 6.57. The van der Waals surface area contributed by atoms with E-state index in [2.05, 4.69) is 70.0 Å². The Morgan fingerprint density at radius 3 is 2.09 bits per heavy atom. The highest BCUT2D eigenvalue weighted by Crippen LogP contribution is 2.46. The standard InChI is InChI=1S/C23H34N2S.C4H8O2/c1-7-13-25(14-8-2)21-24-20(16-26-21)17-9-10-18-19(15-17)23(5,6)12-11-22(18,3)4;1-2-3-4(5)6/h9-10,15-16H,7-8,11-14H2,1-6H3;2-3H2,1H3,(H,5,6). The number of benzene rings is 1. The summed E-state index contributed by atoms with van der Waals surface area (Å²) in [5, 5.41) is 11.3. The number of thiazole rings is 1. The summed E-state index contributed by atoms with van der Waals surface area (Å²) >= 11 is 1.78. The molecule has 1 aliphatic rings. The van der Waals surface area contributed by atoms with Gasteiger partial charge >= 0.3 is 5.97 Å². The van der Waals surface area contributed by atoms with Gasteiger partial charge in [0, 0.05) is 30.5 Å². The fourth-order valence-corrected chi connectivity index (χ4v) is 5.24. The zero-order chi connectivity index (χ0) is 23.9. The molecule has 0 saturated carbocycles. The topological polar surface area (TPSA) is 53.4 Å². The molecule has 2 aromatic rings. The Bertz CT molecular complexity index is 880. The van der Waals surface area contributed by atoms with E-state index in [-0.39, 0.29) is 10.8 Å². The van der Waals surface area contributed by atoms with Crippen molar-refractivity contribution in [1.29, 1.82) is 0 Å². The zero-order valence-corrected chi connectivity index (χ0v) is 21.9. The average molecular weight is 459 g/mol. The SMILES string of the molecule is CCCC(=O)O.CCCN(CCC)c1nc(-c2ccc3c(c2)C(C)(C)CCC3(C)C)cs1. The van der Waals surface area contributed by atoms with Crippen molar-refractivity contribution in [3.8, 4) is 11.3 Å². The molecule has 4 nitrogen and oxygen atoms in total. The van der Waals surface area contributed by atoms with Crippen LogP contribution < -0.4 is 4.90 Å². The number of rotatable bonds is 8. The van der Waals surface area contributed by atoms with Crippen molar-refractivity contribution in [3.63, 3.8) is 0 Å². The van der Waals surface area contributed by atoms with E-state index < -0.39 is 5.97 Å². The van der Waals surface area contributed by atoms with Crippen LogP contribution in [0.25, 0.3) is 11.3 Å². The summed E-state index contributed by atoms with van der Waals surface area (Å²) in [6.07, 6.45) is 5.86. The number of aromatic nitrogens is 1. The lowest BCUT2D eigenvalue weighted by Crippen LogP contribution is -2.33. The van der Waals surface area contributed by atoms with Gasteiger partial charge in [0.15, 0.2) is 5.13 Å². The van der Waals surface area contributed by atoms with Crippen molar-refractivity contribution in [2.75, 3.05) is 18.0 Å². The molecule has 1 heterocycles. The van der Waals surface area contributed by atoms with Crippen molar-refractivity contribution < 1.29 is 9.90 Å². The lowest BCUT2D eigenvalue weighted by atomic mass is 9.63. The molecule has 1 aromatic heterocycles. The number of hydrogen-bond acceptors (Lipinski definition) is 4. The normalized spacial score (nSPS) is 16.0. The maximum Gasteiger partial charge on any atom is 0.303 e. The number of carboxylic acids is 1. The zero-order valence-electron chi connectivity index (χ0n) is 21.1. The summed E-state index contributed by atoms with van der Waals surface area (Å²) < 4.78 is 0. The predicted octanol–water partition coefficient (Wildman–Crippen LogP) is 7.66. The van der Waals surface area contributed by atoms with Gasteiger partial charge in [-0.2, -0.15) is 0 Å². The second kappa shape index (κ2) is 11.3. The first-order valence-corrected chi connectivity index (χ1v) is 13.0. The third-order valence-electron chi connectivity index (χ3n) is 6.36. The quantitative estimate of drug-likeness (QED) is 0.441. The van der Waals surface area contributed by atoms with Crippen molar-refractivity contribution in [2.45, 2.75) is 97.8 Å². The van der Waals surface area contributed by atoms with E-state index in [4.69, 9.17) is 10.1 Å². The summed E-state index contributed by atoms with van der Waals surface area (Å²) in [5.41, 5.74) is 5.95. The maximum atomic E-state index is 9.60. The van der Waals surface area contributed by atoms with Crippen molar-refractivity contribution in [1.82, 2.24) is 4.98 Å². The van der Waals surface area contributed by atoms with Crippen molar-refractivity contribution in [2.24, 2.45) is 0 Å². The third-order valence-corrected chi connectivity index (χ3v) is 7.26. The van der Waals surface area contributed by atoms with Crippen LogP contribution in [0.5, 0.6) is 0 Å². The number of nitrogens with zero attached hydrogens (tertiary/aromatic N) is 2. The van der Waals surface area contributed by atoms with E-state index >= 15 is 0 Å². The van der Waals surface area contributed by atoms with Gasteiger partial charge in [0.25, 0.3) is 0 Å². The summed E-state index contributed by atoms with van der Waals surface area (Å²) in [7, 11) is 0. The molecule has 0 bridgehead atoms. The number of carboxylic acid groups (broad SMARTS) is 1. The number of aliphatic carboxylic acids is 1. The van der Waals surface area contributed by atoms with E-state index in [1.807, 2.05) is 6.92 Å². The minimum atomic E-state index is -0.711. The average Bonchev–Trinajstić information content (AvgIpc) is 3.22. The number of fused-ring (bicyclic) bond motifs is 1. The molecule has 32 heavy (non-hydrogen) atoms. The first-order valence-electron chi connectivity index (χ1n) is 12.1. The lowest BCUT2D eigenvalue weighted by molar-refractivity contribution is -0.137. The van der Waals surface area contributed by atoms with Gasteiger partial charge in [0.2, 0.25) is 0 Å². The van der Waals surface area contributed by atoms with Gasteiger partial charge in [0.1, 0.15) is 0 Å². The Balaban J connectivity index is 0.000000534. The highest BCUT2D eigenvalue weighted by Gasteiger charge is 2.37. The van der Waals surface area contributed by atoms with Gasteiger partial charge in [-0.15, -0.1) is 11.3 Å². The van der Waals surface area contributed by atoms with E-state index in [0.29, 0.717) is 6.42 Å². The van der Waals surface area contributed by atoms with Gasteiger partial charge in [-0.25, -0.2) is 4.98 Å². The summed E-state index contributed by atoms with van der Waals surface area (Å²) in [6.45, 7) is 18.1. The van der Waals surface area contributed by atoms with Crippen LogP contribution >= 0.6 is 11.3 Å². The minimum Gasteiger partial charge on any atom is -0.481 e. The number of hydrogen-bond donors (Lipinski definition) is 1. The fourth-order valence-electron chi connectivity index (χ4n) is 4.35. The molecule has 0 fully saturated rings. The Hall–Kier alpha value is -1.88. The summed E-state index contributed by atoms with van der Waals surface area (Å²) in [4.78, 5) is 17.0. The maximum absolute atomic E-state index is 9.60. The van der Waals surface area contributed by atoms with Crippen LogP contribution in [-0.4, -0.2) is 29.1 Å². The first-order chi connectivity index (χ1) is 15.1. The van der Waals surface area contributed by atoms with Crippen molar-refractivity contribution in [3.05, 3.63) is 34.7 Å². The summed E-state index contributed by atoms with van der Waals surface area (Å²) in [5.74, 6) is -0.711. The Morgan fingerprint density at radius 2 is 1.59 bits per heavy atom. The molecule has 0 spiro atoms. The molecule has 1 aromatic carbocycles. The van der Waals surface area contributed by atoms with E-state index in [1.54, 1.807) is 11.3 Å². The Labute approximate surface area is 199 Å². The molecule has 0 amide bonds. The van der Waals surface area contributed by atoms with E-state index in [1.165, 1.54) is 34.7 Å². The molecule has 178 valence electrons. The van der Waals surface area contributed by atoms with Gasteiger partial charge in [-0.05, 0) is 60.1 Å². The molecule has 0 saturated heterocycles. The molecule has 1 N–H and O–H groups in total. The van der Waals surface area contributed by atoms with Crippen LogP contribution in [0.3, 0.4) is 0 Å². The van der Waals surface area contributed by atoms with Gasteiger partial charge in [0.05, 0.1) is 5.69 Å². The van der Waals surface area contributed by atoms with Crippen LogP contribution in [0, 0.1) is 0 Å². The fraction of sp³-hybridized carbons (Fsp3) is 0.630. The molecular weight excluding hydrogens is 416 g/mol. The predicted molar refractivity (Wildman–Crippen MR) is 138 cm³/mol. The Kier molecular flexibility index (Phi) is 9.32. The van der Waals surface area contributed by atoms with Gasteiger partial charge < -0.3 is 10.0 Å². The van der Waals surface area contributed by atoms with Gasteiger partial charge in [-0.1, -0.05) is 60.6 Å². The smallest absolute Gasteiger partial charge is 0.303 e. The number of carbonyl (C=O) groups is 1. The summed E-state index contributed by atoms with van der Waals surface area (Å²) in [6, 6.07) is 7.06.